The fourth-order valence-electron chi connectivity index (χ4n) is 3.99. The Morgan fingerprint density at radius 2 is 1.86 bits per heavy atom. The second kappa shape index (κ2) is 8.38. The maximum absolute atomic E-state index is 9.05. The first kappa shape index (κ1) is 19.0. The SMILES string of the molecule is COc1cc2c(cc1OC)CN(C(Cc1ccc(C#N)cc1)c1cnc[nH]1)CC2. The standard InChI is InChI=1S/C23H24N4O2/c1-28-22-10-18-7-8-27(14-19(18)11-23(22)29-2)21(20-13-25-15-26-20)9-16-3-5-17(12-24)6-4-16/h3-6,10-11,13,15,21H,7-9,14H2,1-2H3,(H,25,26). The van der Waals surface area contributed by atoms with Crippen LogP contribution in [-0.4, -0.2) is 35.6 Å². The molecule has 1 aliphatic rings. The molecule has 148 valence electrons. The lowest BCUT2D eigenvalue weighted by atomic mass is 9.94. The summed E-state index contributed by atoms with van der Waals surface area (Å²) in [6.45, 7) is 1.78. The van der Waals surface area contributed by atoms with E-state index in [4.69, 9.17) is 14.7 Å². The minimum atomic E-state index is 0.173. The Hall–Kier alpha value is -3.30. The van der Waals surface area contributed by atoms with Gasteiger partial charge < -0.3 is 14.5 Å². The first-order chi connectivity index (χ1) is 14.2. The molecule has 0 saturated heterocycles. The van der Waals surface area contributed by atoms with Gasteiger partial charge in [0.15, 0.2) is 11.5 Å². The summed E-state index contributed by atoms with van der Waals surface area (Å²) in [4.78, 5) is 10.0. The van der Waals surface area contributed by atoms with E-state index in [9.17, 15) is 0 Å². The van der Waals surface area contributed by atoms with E-state index in [1.165, 1.54) is 16.7 Å². The van der Waals surface area contributed by atoms with Crippen molar-refractivity contribution in [1.82, 2.24) is 14.9 Å². The number of imidazole rings is 1. The van der Waals surface area contributed by atoms with E-state index in [0.717, 1.165) is 43.1 Å². The Morgan fingerprint density at radius 3 is 2.48 bits per heavy atom. The van der Waals surface area contributed by atoms with Crippen molar-refractivity contribution in [1.29, 1.82) is 5.26 Å². The van der Waals surface area contributed by atoms with Crippen LogP contribution in [0.3, 0.4) is 0 Å². The van der Waals surface area contributed by atoms with Crippen LogP contribution in [0.15, 0.2) is 48.9 Å². The predicted molar refractivity (Wildman–Crippen MR) is 110 cm³/mol. The van der Waals surface area contributed by atoms with Gasteiger partial charge in [-0.05, 0) is 53.8 Å². The Kier molecular flexibility index (Phi) is 5.50. The number of hydrogen-bond donors (Lipinski definition) is 1. The van der Waals surface area contributed by atoms with Crippen molar-refractivity contribution >= 4 is 0 Å². The fraction of sp³-hybridized carbons (Fsp3) is 0.304. The lowest BCUT2D eigenvalue weighted by Crippen LogP contribution is -2.35. The van der Waals surface area contributed by atoms with Gasteiger partial charge in [-0.15, -0.1) is 0 Å². The van der Waals surface area contributed by atoms with Gasteiger partial charge in [-0.25, -0.2) is 4.98 Å². The maximum Gasteiger partial charge on any atom is 0.161 e. The molecule has 1 aliphatic heterocycles. The molecule has 2 heterocycles. The van der Waals surface area contributed by atoms with Gasteiger partial charge in [0, 0.05) is 19.3 Å². The minimum absolute atomic E-state index is 0.173. The third-order valence-corrected chi connectivity index (χ3v) is 5.58. The van der Waals surface area contributed by atoms with E-state index in [0.29, 0.717) is 5.56 Å². The number of ether oxygens (including phenoxy) is 2. The Balaban J connectivity index is 1.61. The van der Waals surface area contributed by atoms with E-state index < -0.39 is 0 Å². The molecule has 6 nitrogen and oxygen atoms in total. The maximum atomic E-state index is 9.05. The number of methoxy groups -OCH3 is 2. The van der Waals surface area contributed by atoms with Crippen molar-refractivity contribution in [2.45, 2.75) is 25.4 Å². The summed E-state index contributed by atoms with van der Waals surface area (Å²) < 4.78 is 11.0. The van der Waals surface area contributed by atoms with E-state index in [-0.39, 0.29) is 6.04 Å². The molecule has 0 aliphatic carbocycles. The summed E-state index contributed by atoms with van der Waals surface area (Å²) in [5.41, 5.74) is 5.54. The second-order valence-electron chi connectivity index (χ2n) is 7.23. The monoisotopic (exact) mass is 388 g/mol. The topological polar surface area (TPSA) is 74.2 Å². The van der Waals surface area contributed by atoms with Gasteiger partial charge in [-0.1, -0.05) is 12.1 Å². The predicted octanol–water partition coefficient (Wildman–Crippen LogP) is 3.64. The first-order valence-electron chi connectivity index (χ1n) is 9.67. The van der Waals surface area contributed by atoms with Crippen molar-refractivity contribution in [3.8, 4) is 17.6 Å². The quantitative estimate of drug-likeness (QED) is 0.698. The molecule has 0 saturated carbocycles. The molecule has 0 amide bonds. The molecule has 1 N–H and O–H groups in total. The van der Waals surface area contributed by atoms with Crippen molar-refractivity contribution in [2.75, 3.05) is 20.8 Å². The zero-order chi connectivity index (χ0) is 20.2. The average molecular weight is 388 g/mol. The van der Waals surface area contributed by atoms with Gasteiger partial charge in [0.25, 0.3) is 0 Å². The first-order valence-corrected chi connectivity index (χ1v) is 9.67. The van der Waals surface area contributed by atoms with E-state index in [1.54, 1.807) is 20.5 Å². The highest BCUT2D eigenvalue weighted by Gasteiger charge is 2.27. The summed E-state index contributed by atoms with van der Waals surface area (Å²) in [5.74, 6) is 1.54. The number of aromatic amines is 1. The molecule has 2 aromatic carbocycles. The smallest absolute Gasteiger partial charge is 0.161 e. The van der Waals surface area contributed by atoms with Crippen LogP contribution in [0.5, 0.6) is 11.5 Å². The third-order valence-electron chi connectivity index (χ3n) is 5.58. The molecular weight excluding hydrogens is 364 g/mol. The minimum Gasteiger partial charge on any atom is -0.493 e. The van der Waals surface area contributed by atoms with Crippen molar-refractivity contribution < 1.29 is 9.47 Å². The largest absolute Gasteiger partial charge is 0.493 e. The number of benzene rings is 2. The lowest BCUT2D eigenvalue weighted by molar-refractivity contribution is 0.174. The number of nitriles is 1. The van der Waals surface area contributed by atoms with Gasteiger partial charge in [0.2, 0.25) is 0 Å². The zero-order valence-corrected chi connectivity index (χ0v) is 16.7. The molecule has 1 aromatic heterocycles. The summed E-state index contributed by atoms with van der Waals surface area (Å²) in [6, 6.07) is 14.4. The number of aromatic nitrogens is 2. The van der Waals surface area contributed by atoms with Crippen LogP contribution in [0.1, 0.15) is 34.0 Å². The molecule has 0 spiro atoms. The third kappa shape index (κ3) is 3.96. The van der Waals surface area contributed by atoms with Crippen LogP contribution in [0.2, 0.25) is 0 Å². The molecule has 1 unspecified atom stereocenters. The van der Waals surface area contributed by atoms with E-state index in [2.05, 4.69) is 33.1 Å². The van der Waals surface area contributed by atoms with E-state index >= 15 is 0 Å². The lowest BCUT2D eigenvalue weighted by Gasteiger charge is -2.35. The Labute approximate surface area is 170 Å². The van der Waals surface area contributed by atoms with Crippen LogP contribution in [-0.2, 0) is 19.4 Å². The van der Waals surface area contributed by atoms with Gasteiger partial charge in [-0.2, -0.15) is 5.26 Å². The van der Waals surface area contributed by atoms with Crippen LogP contribution >= 0.6 is 0 Å². The normalized spacial score (nSPS) is 14.7. The van der Waals surface area contributed by atoms with Gasteiger partial charge in [0.1, 0.15) is 0 Å². The zero-order valence-electron chi connectivity index (χ0n) is 16.7. The highest BCUT2D eigenvalue weighted by molar-refractivity contribution is 5.48. The Morgan fingerprint density at radius 1 is 1.14 bits per heavy atom. The molecule has 29 heavy (non-hydrogen) atoms. The number of nitrogens with zero attached hydrogens (tertiary/aromatic N) is 3. The summed E-state index contributed by atoms with van der Waals surface area (Å²) in [5, 5.41) is 9.05. The van der Waals surface area contributed by atoms with Crippen LogP contribution < -0.4 is 9.47 Å². The van der Waals surface area contributed by atoms with Crippen molar-refractivity contribution in [3.63, 3.8) is 0 Å². The summed E-state index contributed by atoms with van der Waals surface area (Å²) >= 11 is 0. The number of hydrogen-bond acceptors (Lipinski definition) is 5. The van der Waals surface area contributed by atoms with E-state index in [1.807, 2.05) is 30.5 Å². The molecule has 0 bridgehead atoms. The van der Waals surface area contributed by atoms with Gasteiger partial charge in [-0.3, -0.25) is 4.90 Å². The molecule has 1 atom stereocenters. The summed E-state index contributed by atoms with van der Waals surface area (Å²) in [7, 11) is 3.34. The second-order valence-corrected chi connectivity index (χ2v) is 7.23. The molecule has 4 rings (SSSR count). The fourth-order valence-corrected chi connectivity index (χ4v) is 3.99. The highest BCUT2D eigenvalue weighted by atomic mass is 16.5. The highest BCUT2D eigenvalue weighted by Crippen LogP contribution is 2.36. The molecule has 0 radical (unpaired) electrons. The number of H-pyrrole nitrogens is 1. The van der Waals surface area contributed by atoms with Crippen molar-refractivity contribution in [3.05, 3.63) is 76.9 Å². The molecule has 0 fully saturated rings. The molecule has 3 aromatic rings. The molecule has 6 heteroatoms. The van der Waals surface area contributed by atoms with Gasteiger partial charge in [0.05, 0.1) is 43.9 Å². The number of nitrogens with one attached hydrogen (secondary N) is 1. The van der Waals surface area contributed by atoms with Crippen molar-refractivity contribution in [2.24, 2.45) is 0 Å². The number of fused-ring (bicyclic) bond motifs is 1. The summed E-state index contributed by atoms with van der Waals surface area (Å²) in [6.07, 6.45) is 5.43. The number of rotatable bonds is 6. The van der Waals surface area contributed by atoms with Crippen LogP contribution in [0.4, 0.5) is 0 Å². The van der Waals surface area contributed by atoms with Crippen LogP contribution in [0, 0.1) is 11.3 Å². The average Bonchev–Trinajstić information content (AvgIpc) is 3.31. The Bertz CT molecular complexity index is 1010. The molecular formula is C23H24N4O2. The van der Waals surface area contributed by atoms with Crippen LogP contribution in [0.25, 0.3) is 0 Å². The van der Waals surface area contributed by atoms with Gasteiger partial charge >= 0.3 is 0 Å².